The first-order valence-corrected chi connectivity index (χ1v) is 10.5. The Kier molecular flexibility index (Phi) is 4.91. The largest absolute Gasteiger partial charge is 0.383 e. The van der Waals surface area contributed by atoms with E-state index in [1.165, 1.54) is 33.8 Å². The van der Waals surface area contributed by atoms with Crippen LogP contribution < -0.4 is 4.80 Å². The van der Waals surface area contributed by atoms with Crippen LogP contribution in [0.25, 0.3) is 10.2 Å². The highest BCUT2D eigenvalue weighted by atomic mass is 32.2. The fourth-order valence-corrected chi connectivity index (χ4v) is 5.66. The van der Waals surface area contributed by atoms with Gasteiger partial charge in [0.2, 0.25) is 4.80 Å². The Labute approximate surface area is 148 Å². The number of benzene rings is 1. The van der Waals surface area contributed by atoms with Gasteiger partial charge >= 0.3 is 0 Å². The zero-order valence-corrected chi connectivity index (χ0v) is 16.1. The minimum atomic E-state index is -3.69. The minimum absolute atomic E-state index is 0.255. The molecule has 0 aliphatic rings. The maximum Gasteiger partial charge on any atom is 0.294 e. The summed E-state index contributed by atoms with van der Waals surface area (Å²) in [6.45, 7) is 5.14. The Morgan fingerprint density at radius 1 is 1.25 bits per heavy atom. The molecule has 0 unspecified atom stereocenters. The maximum atomic E-state index is 12.5. The normalized spacial score (nSPS) is 13.0. The number of aromatic nitrogens is 1. The van der Waals surface area contributed by atoms with Crippen molar-refractivity contribution in [1.82, 2.24) is 4.57 Å². The van der Waals surface area contributed by atoms with Crippen molar-refractivity contribution < 1.29 is 13.2 Å². The highest BCUT2D eigenvalue weighted by molar-refractivity contribution is 7.92. The second kappa shape index (κ2) is 6.79. The van der Waals surface area contributed by atoms with Gasteiger partial charge in [-0.2, -0.15) is 8.42 Å². The Bertz CT molecular complexity index is 1030. The molecular formula is C16H18N2O3S3. The second-order valence-corrected chi connectivity index (χ2v) is 9.22. The molecule has 128 valence electrons. The van der Waals surface area contributed by atoms with Crippen LogP contribution in [0.15, 0.2) is 38.3 Å². The number of thiazole rings is 1. The van der Waals surface area contributed by atoms with Crippen LogP contribution in [0.5, 0.6) is 0 Å². The van der Waals surface area contributed by atoms with Crippen LogP contribution in [0, 0.1) is 13.8 Å². The van der Waals surface area contributed by atoms with E-state index in [0.717, 1.165) is 10.2 Å². The molecule has 0 amide bonds. The van der Waals surface area contributed by atoms with Crippen LogP contribution in [0.3, 0.4) is 0 Å². The average Bonchev–Trinajstić information content (AvgIpc) is 3.15. The highest BCUT2D eigenvalue weighted by Gasteiger charge is 2.16. The molecule has 3 aromatic rings. The van der Waals surface area contributed by atoms with Crippen LogP contribution in [0.2, 0.25) is 0 Å². The van der Waals surface area contributed by atoms with Gasteiger partial charge in [-0.05, 0) is 48.6 Å². The Morgan fingerprint density at radius 3 is 2.67 bits per heavy atom. The van der Waals surface area contributed by atoms with Gasteiger partial charge < -0.3 is 9.30 Å². The van der Waals surface area contributed by atoms with Crippen molar-refractivity contribution in [3.63, 3.8) is 0 Å². The number of aryl methyl sites for hydroxylation is 2. The van der Waals surface area contributed by atoms with Gasteiger partial charge in [0.15, 0.2) is 0 Å². The molecule has 0 fully saturated rings. The fraction of sp³-hybridized carbons (Fsp3) is 0.312. The number of hydrogen-bond donors (Lipinski definition) is 0. The van der Waals surface area contributed by atoms with Gasteiger partial charge in [0.1, 0.15) is 4.21 Å². The summed E-state index contributed by atoms with van der Waals surface area (Å²) in [4.78, 5) is 0.473. The predicted molar refractivity (Wildman–Crippen MR) is 98.2 cm³/mol. The average molecular weight is 383 g/mol. The summed E-state index contributed by atoms with van der Waals surface area (Å²) in [5.41, 5.74) is 3.33. The summed E-state index contributed by atoms with van der Waals surface area (Å²) in [6.07, 6.45) is 0. The molecular weight excluding hydrogens is 364 g/mol. The molecule has 0 saturated carbocycles. The molecule has 0 radical (unpaired) electrons. The number of ether oxygens (including phenoxy) is 1. The standard InChI is InChI=1S/C16H18N2O3S3/c1-11-9-13-14(10-12(11)2)23-16(18(13)6-7-21-3)17-24(19,20)15-5-4-8-22-15/h4-5,8-10H,6-7H2,1-3H3. The topological polar surface area (TPSA) is 60.7 Å². The lowest BCUT2D eigenvalue weighted by molar-refractivity contribution is 0.187. The molecule has 2 aromatic heterocycles. The van der Waals surface area contributed by atoms with Gasteiger partial charge in [0, 0.05) is 13.7 Å². The molecule has 0 N–H and O–H groups in total. The van der Waals surface area contributed by atoms with E-state index in [1.807, 2.05) is 18.4 Å². The first-order chi connectivity index (χ1) is 11.4. The summed E-state index contributed by atoms with van der Waals surface area (Å²) >= 11 is 2.56. The van der Waals surface area contributed by atoms with Gasteiger partial charge in [-0.25, -0.2) is 0 Å². The van der Waals surface area contributed by atoms with Gasteiger partial charge in [-0.3, -0.25) is 0 Å². The van der Waals surface area contributed by atoms with Gasteiger partial charge in [0.25, 0.3) is 10.0 Å². The van der Waals surface area contributed by atoms with Crippen molar-refractivity contribution in [1.29, 1.82) is 0 Å². The number of thiophene rings is 1. The van der Waals surface area contributed by atoms with Crippen molar-refractivity contribution in [2.75, 3.05) is 13.7 Å². The molecule has 0 atom stereocenters. The lowest BCUT2D eigenvalue weighted by Gasteiger charge is -2.06. The van der Waals surface area contributed by atoms with Gasteiger partial charge in [0.05, 0.1) is 16.8 Å². The molecule has 5 nitrogen and oxygen atoms in total. The molecule has 0 bridgehead atoms. The third kappa shape index (κ3) is 3.32. The molecule has 24 heavy (non-hydrogen) atoms. The van der Waals surface area contributed by atoms with Crippen molar-refractivity contribution >= 4 is 42.9 Å². The maximum absolute atomic E-state index is 12.5. The predicted octanol–water partition coefficient (Wildman–Crippen LogP) is 3.32. The van der Waals surface area contributed by atoms with Crippen LogP contribution in [0.4, 0.5) is 0 Å². The van der Waals surface area contributed by atoms with Crippen molar-refractivity contribution in [3.05, 3.63) is 45.6 Å². The second-order valence-electron chi connectivity index (χ2n) is 5.43. The summed E-state index contributed by atoms with van der Waals surface area (Å²) in [5.74, 6) is 0. The van der Waals surface area contributed by atoms with Crippen LogP contribution in [-0.2, 0) is 21.3 Å². The van der Waals surface area contributed by atoms with E-state index in [2.05, 4.69) is 16.5 Å². The molecule has 0 saturated heterocycles. The van der Waals surface area contributed by atoms with E-state index in [1.54, 1.807) is 24.6 Å². The minimum Gasteiger partial charge on any atom is -0.383 e. The van der Waals surface area contributed by atoms with Gasteiger partial charge in [-0.1, -0.05) is 17.4 Å². The van der Waals surface area contributed by atoms with E-state index in [-0.39, 0.29) is 4.21 Å². The lowest BCUT2D eigenvalue weighted by Crippen LogP contribution is -2.19. The third-order valence-electron chi connectivity index (χ3n) is 3.76. The van der Waals surface area contributed by atoms with E-state index in [0.29, 0.717) is 18.0 Å². The third-order valence-corrected chi connectivity index (χ3v) is 7.56. The summed E-state index contributed by atoms with van der Waals surface area (Å²) in [6, 6.07) is 7.44. The highest BCUT2D eigenvalue weighted by Crippen LogP contribution is 2.23. The lowest BCUT2D eigenvalue weighted by atomic mass is 10.1. The van der Waals surface area contributed by atoms with E-state index in [9.17, 15) is 8.42 Å². The summed E-state index contributed by atoms with van der Waals surface area (Å²) in [5, 5.41) is 1.74. The quantitative estimate of drug-likeness (QED) is 0.680. The summed E-state index contributed by atoms with van der Waals surface area (Å²) < 4.78 is 37.5. The number of rotatable bonds is 5. The van der Waals surface area contributed by atoms with Gasteiger partial charge in [-0.15, -0.1) is 15.7 Å². The molecule has 3 rings (SSSR count). The number of nitrogens with zero attached hydrogens (tertiary/aromatic N) is 2. The number of hydrogen-bond acceptors (Lipinski definition) is 5. The molecule has 0 spiro atoms. The number of sulfonamides is 1. The zero-order valence-electron chi connectivity index (χ0n) is 13.6. The van der Waals surface area contributed by atoms with Crippen LogP contribution >= 0.6 is 22.7 Å². The SMILES string of the molecule is COCCn1c(=NS(=O)(=O)c2cccs2)sc2cc(C)c(C)cc21. The first-order valence-electron chi connectivity index (χ1n) is 7.36. The van der Waals surface area contributed by atoms with E-state index in [4.69, 9.17) is 4.74 Å². The Hall–Kier alpha value is -1.48. The molecule has 2 heterocycles. The molecule has 1 aromatic carbocycles. The zero-order chi connectivity index (χ0) is 17.3. The van der Waals surface area contributed by atoms with E-state index >= 15 is 0 Å². The molecule has 0 aliphatic carbocycles. The van der Waals surface area contributed by atoms with E-state index < -0.39 is 10.0 Å². The Morgan fingerprint density at radius 2 is 2.00 bits per heavy atom. The van der Waals surface area contributed by atoms with Crippen molar-refractivity contribution in [3.8, 4) is 0 Å². The van der Waals surface area contributed by atoms with Crippen molar-refractivity contribution in [2.45, 2.75) is 24.6 Å². The smallest absolute Gasteiger partial charge is 0.294 e. The summed E-state index contributed by atoms with van der Waals surface area (Å²) in [7, 11) is -2.06. The molecule has 0 aliphatic heterocycles. The number of methoxy groups -OCH3 is 1. The monoisotopic (exact) mass is 382 g/mol. The van der Waals surface area contributed by atoms with Crippen LogP contribution in [-0.4, -0.2) is 26.7 Å². The fourth-order valence-electron chi connectivity index (χ4n) is 2.35. The molecule has 8 heteroatoms. The van der Waals surface area contributed by atoms with Crippen LogP contribution in [0.1, 0.15) is 11.1 Å². The number of fused-ring (bicyclic) bond motifs is 1. The first kappa shape index (κ1) is 17.3. The van der Waals surface area contributed by atoms with Crippen molar-refractivity contribution in [2.24, 2.45) is 4.40 Å². The Balaban J connectivity index is 2.25.